The molecule has 3 rings (SSSR count). The van der Waals surface area contributed by atoms with Crippen LogP contribution >= 0.6 is 0 Å². The van der Waals surface area contributed by atoms with E-state index in [-0.39, 0.29) is 17.6 Å². The molecule has 1 atom stereocenters. The zero-order chi connectivity index (χ0) is 18.5. The quantitative estimate of drug-likeness (QED) is 0.827. The topological polar surface area (TPSA) is 80.5 Å². The fraction of sp³-hybridized carbons (Fsp3) is 0.368. The van der Waals surface area contributed by atoms with Gasteiger partial charge in [-0.1, -0.05) is 12.1 Å². The third kappa shape index (κ3) is 4.56. The Labute approximate surface area is 152 Å². The normalized spacial score (nSPS) is 16.2. The number of halogens is 1. The molecule has 6 nitrogen and oxygen atoms in total. The summed E-state index contributed by atoms with van der Waals surface area (Å²) in [5.41, 5.74) is 7.87. The minimum absolute atomic E-state index is 0.161. The van der Waals surface area contributed by atoms with E-state index in [1.807, 2.05) is 0 Å². The summed E-state index contributed by atoms with van der Waals surface area (Å²) in [6, 6.07) is 7.93. The van der Waals surface area contributed by atoms with Gasteiger partial charge in [0.25, 0.3) is 5.91 Å². The molecule has 26 heavy (non-hydrogen) atoms. The molecule has 0 saturated carbocycles. The fourth-order valence-electron chi connectivity index (χ4n) is 3.06. The molecule has 0 spiro atoms. The predicted octanol–water partition coefficient (Wildman–Crippen LogP) is 2.12. The Morgan fingerprint density at radius 1 is 1.35 bits per heavy atom. The predicted molar refractivity (Wildman–Crippen MR) is 98.5 cm³/mol. The standard InChI is InChI=1S/C19H23FN4O2/c1-13(12-24-6-8-26-9-7-24)23-18-11-22-17(19(21)25)10-16(18)14-2-4-15(20)5-3-14/h2-5,10-11,13,23H,6-9,12H2,1H3,(H2,21,25). The largest absolute Gasteiger partial charge is 0.380 e. The molecule has 7 heteroatoms. The van der Waals surface area contributed by atoms with Gasteiger partial charge in [-0.2, -0.15) is 0 Å². The maximum absolute atomic E-state index is 13.3. The van der Waals surface area contributed by atoms with Crippen LogP contribution in [0, 0.1) is 5.82 Å². The molecule has 2 heterocycles. The van der Waals surface area contributed by atoms with Gasteiger partial charge in [0.05, 0.1) is 25.1 Å². The third-order valence-corrected chi connectivity index (χ3v) is 4.35. The molecule has 1 unspecified atom stereocenters. The van der Waals surface area contributed by atoms with Crippen molar-refractivity contribution in [2.24, 2.45) is 5.73 Å². The van der Waals surface area contributed by atoms with Gasteiger partial charge in [0.1, 0.15) is 11.5 Å². The van der Waals surface area contributed by atoms with Crippen molar-refractivity contribution in [1.82, 2.24) is 9.88 Å². The van der Waals surface area contributed by atoms with Crippen molar-refractivity contribution in [2.45, 2.75) is 13.0 Å². The molecule has 1 fully saturated rings. The van der Waals surface area contributed by atoms with Crippen LogP contribution in [0.5, 0.6) is 0 Å². The second kappa shape index (κ2) is 8.25. The van der Waals surface area contributed by atoms with E-state index in [1.54, 1.807) is 24.4 Å². The number of nitrogens with two attached hydrogens (primary N) is 1. The van der Waals surface area contributed by atoms with Gasteiger partial charge in [-0.25, -0.2) is 9.37 Å². The van der Waals surface area contributed by atoms with Gasteiger partial charge in [0.2, 0.25) is 0 Å². The average molecular weight is 358 g/mol. The number of carbonyl (C=O) groups is 1. The Hall–Kier alpha value is -2.51. The lowest BCUT2D eigenvalue weighted by Gasteiger charge is -2.30. The van der Waals surface area contributed by atoms with Gasteiger partial charge in [-0.05, 0) is 30.7 Å². The van der Waals surface area contributed by atoms with Crippen molar-refractivity contribution in [3.05, 3.63) is 48.0 Å². The first-order valence-corrected chi connectivity index (χ1v) is 8.65. The summed E-state index contributed by atoms with van der Waals surface area (Å²) in [4.78, 5) is 18.0. The number of primary amides is 1. The van der Waals surface area contributed by atoms with Crippen LogP contribution in [0.1, 0.15) is 17.4 Å². The number of amides is 1. The number of carbonyl (C=O) groups excluding carboxylic acids is 1. The highest BCUT2D eigenvalue weighted by molar-refractivity contribution is 5.93. The van der Waals surface area contributed by atoms with Gasteiger partial charge in [0.15, 0.2) is 0 Å². The summed E-state index contributed by atoms with van der Waals surface area (Å²) in [5.74, 6) is -0.908. The number of aromatic nitrogens is 1. The Balaban J connectivity index is 1.82. The third-order valence-electron chi connectivity index (χ3n) is 4.35. The van der Waals surface area contributed by atoms with Crippen LogP contribution < -0.4 is 11.1 Å². The second-order valence-electron chi connectivity index (χ2n) is 6.44. The first-order valence-electron chi connectivity index (χ1n) is 8.65. The number of pyridine rings is 1. The van der Waals surface area contributed by atoms with Crippen LogP contribution in [0.3, 0.4) is 0 Å². The van der Waals surface area contributed by atoms with Gasteiger partial charge in [-0.3, -0.25) is 9.69 Å². The van der Waals surface area contributed by atoms with Crippen molar-refractivity contribution < 1.29 is 13.9 Å². The van der Waals surface area contributed by atoms with Crippen molar-refractivity contribution in [2.75, 3.05) is 38.2 Å². The lowest BCUT2D eigenvalue weighted by atomic mass is 10.0. The zero-order valence-electron chi connectivity index (χ0n) is 14.7. The Kier molecular flexibility index (Phi) is 5.80. The SMILES string of the molecule is CC(CN1CCOCC1)Nc1cnc(C(N)=O)cc1-c1ccc(F)cc1. The molecule has 1 saturated heterocycles. The molecular formula is C19H23FN4O2. The van der Waals surface area contributed by atoms with Gasteiger partial charge in [0, 0.05) is 31.2 Å². The average Bonchev–Trinajstić information content (AvgIpc) is 2.63. The summed E-state index contributed by atoms with van der Waals surface area (Å²) in [6.45, 7) is 6.28. The number of nitrogens with zero attached hydrogens (tertiary/aromatic N) is 2. The van der Waals surface area contributed by atoms with Crippen molar-refractivity contribution >= 4 is 11.6 Å². The summed E-state index contributed by atoms with van der Waals surface area (Å²) >= 11 is 0. The second-order valence-corrected chi connectivity index (χ2v) is 6.44. The van der Waals surface area contributed by atoms with Crippen LogP contribution in [0.25, 0.3) is 11.1 Å². The smallest absolute Gasteiger partial charge is 0.267 e. The van der Waals surface area contributed by atoms with E-state index < -0.39 is 5.91 Å². The molecule has 1 aliphatic rings. The summed E-state index contributed by atoms with van der Waals surface area (Å²) in [7, 11) is 0. The lowest BCUT2D eigenvalue weighted by Crippen LogP contribution is -2.42. The number of benzene rings is 1. The molecule has 1 aliphatic heterocycles. The van der Waals surface area contributed by atoms with Crippen molar-refractivity contribution in [3.8, 4) is 11.1 Å². The van der Waals surface area contributed by atoms with Crippen molar-refractivity contribution in [1.29, 1.82) is 0 Å². The minimum Gasteiger partial charge on any atom is -0.380 e. The van der Waals surface area contributed by atoms with Crippen LogP contribution in [-0.2, 0) is 4.74 Å². The maximum Gasteiger partial charge on any atom is 0.267 e. The fourth-order valence-corrected chi connectivity index (χ4v) is 3.06. The van der Waals surface area contributed by atoms with Gasteiger partial charge < -0.3 is 15.8 Å². The lowest BCUT2D eigenvalue weighted by molar-refractivity contribution is 0.0368. The number of ether oxygens (including phenoxy) is 1. The van der Waals surface area contributed by atoms with Crippen LogP contribution in [0.15, 0.2) is 36.5 Å². The number of morpholine rings is 1. The Morgan fingerprint density at radius 3 is 2.69 bits per heavy atom. The first kappa shape index (κ1) is 18.3. The minimum atomic E-state index is -0.596. The van der Waals surface area contributed by atoms with Crippen LogP contribution in [0.4, 0.5) is 10.1 Å². The molecule has 3 N–H and O–H groups in total. The summed E-state index contributed by atoms with van der Waals surface area (Å²) < 4.78 is 18.6. The maximum atomic E-state index is 13.3. The molecule has 0 bridgehead atoms. The highest BCUT2D eigenvalue weighted by atomic mass is 19.1. The summed E-state index contributed by atoms with van der Waals surface area (Å²) in [5, 5.41) is 3.45. The highest BCUT2D eigenvalue weighted by Crippen LogP contribution is 2.29. The molecule has 0 radical (unpaired) electrons. The van der Waals surface area contributed by atoms with E-state index in [4.69, 9.17) is 10.5 Å². The van der Waals surface area contributed by atoms with E-state index in [0.29, 0.717) is 0 Å². The number of hydrogen-bond donors (Lipinski definition) is 2. The molecule has 2 aromatic rings. The molecule has 1 aromatic carbocycles. The number of hydrogen-bond acceptors (Lipinski definition) is 5. The van der Waals surface area contributed by atoms with E-state index in [1.165, 1.54) is 12.1 Å². The van der Waals surface area contributed by atoms with Crippen LogP contribution in [-0.4, -0.2) is 54.7 Å². The van der Waals surface area contributed by atoms with E-state index in [2.05, 4.69) is 22.1 Å². The number of rotatable bonds is 6. The van der Waals surface area contributed by atoms with E-state index in [0.717, 1.165) is 49.7 Å². The van der Waals surface area contributed by atoms with E-state index >= 15 is 0 Å². The number of anilines is 1. The zero-order valence-corrected chi connectivity index (χ0v) is 14.7. The van der Waals surface area contributed by atoms with Gasteiger partial charge >= 0.3 is 0 Å². The molecule has 138 valence electrons. The van der Waals surface area contributed by atoms with Crippen LogP contribution in [0.2, 0.25) is 0 Å². The Morgan fingerprint density at radius 2 is 2.04 bits per heavy atom. The van der Waals surface area contributed by atoms with Crippen molar-refractivity contribution in [3.63, 3.8) is 0 Å². The highest BCUT2D eigenvalue weighted by Gasteiger charge is 2.16. The van der Waals surface area contributed by atoms with E-state index in [9.17, 15) is 9.18 Å². The molecule has 0 aliphatic carbocycles. The molecule has 1 amide bonds. The molecule has 1 aromatic heterocycles. The summed E-state index contributed by atoms with van der Waals surface area (Å²) in [6.07, 6.45) is 1.61. The van der Waals surface area contributed by atoms with Gasteiger partial charge in [-0.15, -0.1) is 0 Å². The number of nitrogens with one attached hydrogen (secondary N) is 1. The first-order chi connectivity index (χ1) is 12.5. The molecular weight excluding hydrogens is 335 g/mol. The monoisotopic (exact) mass is 358 g/mol. The Bertz CT molecular complexity index is 761.